The van der Waals surface area contributed by atoms with E-state index >= 15 is 0 Å². The van der Waals surface area contributed by atoms with Crippen molar-refractivity contribution in [1.29, 1.82) is 0 Å². The summed E-state index contributed by atoms with van der Waals surface area (Å²) in [5.74, 6) is 0.0932. The fourth-order valence-electron chi connectivity index (χ4n) is 2.10. The predicted octanol–water partition coefficient (Wildman–Crippen LogP) is 3.31. The van der Waals surface area contributed by atoms with Gasteiger partial charge >= 0.3 is 0 Å². The zero-order chi connectivity index (χ0) is 15.5. The van der Waals surface area contributed by atoms with E-state index in [1.807, 2.05) is 25.1 Å². The highest BCUT2D eigenvalue weighted by molar-refractivity contribution is 7.92. The lowest BCUT2D eigenvalue weighted by Gasteiger charge is -2.24. The molecule has 0 aliphatic rings. The SMILES string of the molecule is CCCN(c1ccccc1)S(=O)(=O)c1ccc(O)c(C)c1. The van der Waals surface area contributed by atoms with Gasteiger partial charge in [-0.2, -0.15) is 0 Å². The number of aryl methyl sites for hydroxylation is 1. The standard InChI is InChI=1S/C16H19NO3S/c1-3-11-17(14-7-5-4-6-8-14)21(19,20)15-9-10-16(18)13(2)12-15/h4-10,12,18H,3,11H2,1-2H3. The van der Waals surface area contributed by atoms with Gasteiger partial charge in [0.2, 0.25) is 0 Å². The number of hydrogen-bond donors (Lipinski definition) is 1. The molecule has 0 unspecified atom stereocenters. The first kappa shape index (κ1) is 15.4. The fraction of sp³-hybridized carbons (Fsp3) is 0.250. The minimum atomic E-state index is -3.63. The van der Waals surface area contributed by atoms with E-state index in [1.54, 1.807) is 19.1 Å². The third-order valence-electron chi connectivity index (χ3n) is 3.23. The van der Waals surface area contributed by atoms with Crippen molar-refractivity contribution < 1.29 is 13.5 Å². The molecule has 0 heterocycles. The van der Waals surface area contributed by atoms with Gasteiger partial charge in [-0.25, -0.2) is 8.42 Å². The van der Waals surface area contributed by atoms with Crippen LogP contribution in [0, 0.1) is 6.92 Å². The summed E-state index contributed by atoms with van der Waals surface area (Å²) in [5, 5.41) is 9.56. The maximum Gasteiger partial charge on any atom is 0.264 e. The number of sulfonamides is 1. The average Bonchev–Trinajstić information content (AvgIpc) is 2.48. The smallest absolute Gasteiger partial charge is 0.264 e. The summed E-state index contributed by atoms with van der Waals surface area (Å²) in [5.41, 5.74) is 1.19. The molecule has 0 aromatic heterocycles. The van der Waals surface area contributed by atoms with Crippen molar-refractivity contribution >= 4 is 15.7 Å². The fourth-order valence-corrected chi connectivity index (χ4v) is 3.74. The van der Waals surface area contributed by atoms with Crippen LogP contribution in [0.5, 0.6) is 5.75 Å². The highest BCUT2D eigenvalue weighted by Crippen LogP contribution is 2.26. The molecular weight excluding hydrogens is 286 g/mol. The molecule has 112 valence electrons. The van der Waals surface area contributed by atoms with Gasteiger partial charge in [-0.05, 0) is 49.2 Å². The van der Waals surface area contributed by atoms with Crippen LogP contribution in [-0.4, -0.2) is 20.1 Å². The van der Waals surface area contributed by atoms with Crippen molar-refractivity contribution in [3.05, 3.63) is 54.1 Å². The normalized spacial score (nSPS) is 11.3. The van der Waals surface area contributed by atoms with Gasteiger partial charge in [0.15, 0.2) is 0 Å². The molecule has 0 amide bonds. The highest BCUT2D eigenvalue weighted by Gasteiger charge is 2.24. The van der Waals surface area contributed by atoms with Crippen LogP contribution < -0.4 is 4.31 Å². The lowest BCUT2D eigenvalue weighted by molar-refractivity contribution is 0.470. The molecule has 0 saturated heterocycles. The molecule has 21 heavy (non-hydrogen) atoms. The zero-order valence-electron chi connectivity index (χ0n) is 12.2. The van der Waals surface area contributed by atoms with Crippen molar-refractivity contribution in [2.24, 2.45) is 0 Å². The van der Waals surface area contributed by atoms with Gasteiger partial charge in [0.1, 0.15) is 5.75 Å². The minimum absolute atomic E-state index is 0.0932. The Morgan fingerprint density at radius 1 is 1.10 bits per heavy atom. The molecule has 0 aliphatic carbocycles. The van der Waals surface area contributed by atoms with E-state index in [1.165, 1.54) is 22.5 Å². The van der Waals surface area contributed by atoms with Gasteiger partial charge in [0, 0.05) is 6.54 Å². The number of benzene rings is 2. The molecule has 2 aromatic rings. The maximum absolute atomic E-state index is 12.8. The molecule has 0 saturated carbocycles. The van der Waals surface area contributed by atoms with Gasteiger partial charge in [-0.1, -0.05) is 25.1 Å². The first-order chi connectivity index (χ1) is 9.96. The molecule has 0 radical (unpaired) electrons. The van der Waals surface area contributed by atoms with E-state index in [4.69, 9.17) is 0 Å². The zero-order valence-corrected chi connectivity index (χ0v) is 13.0. The first-order valence-corrected chi connectivity index (χ1v) is 8.28. The van der Waals surface area contributed by atoms with E-state index in [0.717, 1.165) is 0 Å². The number of hydrogen-bond acceptors (Lipinski definition) is 3. The summed E-state index contributed by atoms with van der Waals surface area (Å²) < 4.78 is 27.1. The van der Waals surface area contributed by atoms with Crippen LogP contribution in [0.4, 0.5) is 5.69 Å². The third-order valence-corrected chi connectivity index (χ3v) is 5.05. The van der Waals surface area contributed by atoms with Crippen LogP contribution in [0.1, 0.15) is 18.9 Å². The first-order valence-electron chi connectivity index (χ1n) is 6.84. The molecule has 1 N–H and O–H groups in total. The van der Waals surface area contributed by atoms with Crippen LogP contribution >= 0.6 is 0 Å². The minimum Gasteiger partial charge on any atom is -0.508 e. The van der Waals surface area contributed by atoms with Crippen molar-refractivity contribution in [2.45, 2.75) is 25.2 Å². The van der Waals surface area contributed by atoms with Crippen molar-refractivity contribution in [1.82, 2.24) is 0 Å². The Morgan fingerprint density at radius 3 is 2.33 bits per heavy atom. The molecule has 0 atom stereocenters. The molecule has 0 aliphatic heterocycles. The van der Waals surface area contributed by atoms with Crippen LogP contribution in [0.25, 0.3) is 0 Å². The molecule has 2 rings (SSSR count). The summed E-state index contributed by atoms with van der Waals surface area (Å²) >= 11 is 0. The van der Waals surface area contributed by atoms with E-state index in [-0.39, 0.29) is 10.6 Å². The number of aromatic hydroxyl groups is 1. The van der Waals surface area contributed by atoms with Crippen molar-refractivity contribution in [3.8, 4) is 5.75 Å². The molecule has 0 spiro atoms. The van der Waals surface area contributed by atoms with Gasteiger partial charge in [0.25, 0.3) is 10.0 Å². The van der Waals surface area contributed by atoms with Crippen molar-refractivity contribution in [3.63, 3.8) is 0 Å². The number of nitrogens with zero attached hydrogens (tertiary/aromatic N) is 1. The number of rotatable bonds is 5. The molecule has 4 nitrogen and oxygen atoms in total. The lowest BCUT2D eigenvalue weighted by Crippen LogP contribution is -2.31. The summed E-state index contributed by atoms with van der Waals surface area (Å²) in [6, 6.07) is 13.4. The Balaban J connectivity index is 2.50. The second-order valence-electron chi connectivity index (χ2n) is 4.86. The molecule has 0 bridgehead atoms. The average molecular weight is 305 g/mol. The van der Waals surface area contributed by atoms with E-state index in [0.29, 0.717) is 24.2 Å². The van der Waals surface area contributed by atoms with Gasteiger partial charge in [-0.15, -0.1) is 0 Å². The Morgan fingerprint density at radius 2 is 1.76 bits per heavy atom. The van der Waals surface area contributed by atoms with Gasteiger partial charge in [0.05, 0.1) is 10.6 Å². The predicted molar refractivity (Wildman–Crippen MR) is 84.1 cm³/mol. The number of para-hydroxylation sites is 1. The largest absolute Gasteiger partial charge is 0.508 e. The molecule has 2 aromatic carbocycles. The monoisotopic (exact) mass is 305 g/mol. The summed E-state index contributed by atoms with van der Waals surface area (Å²) in [4.78, 5) is 0.190. The van der Waals surface area contributed by atoms with Crippen molar-refractivity contribution in [2.75, 3.05) is 10.8 Å². The topological polar surface area (TPSA) is 57.6 Å². The highest BCUT2D eigenvalue weighted by atomic mass is 32.2. The summed E-state index contributed by atoms with van der Waals surface area (Å²) in [7, 11) is -3.63. The van der Waals surface area contributed by atoms with E-state index in [9.17, 15) is 13.5 Å². The van der Waals surface area contributed by atoms with Crippen LogP contribution in [0.2, 0.25) is 0 Å². The summed E-state index contributed by atoms with van der Waals surface area (Å²) in [6.45, 7) is 4.03. The Labute approximate surface area is 125 Å². The third kappa shape index (κ3) is 3.19. The van der Waals surface area contributed by atoms with E-state index in [2.05, 4.69) is 0 Å². The maximum atomic E-state index is 12.8. The van der Waals surface area contributed by atoms with E-state index < -0.39 is 10.0 Å². The summed E-state index contributed by atoms with van der Waals surface area (Å²) in [6.07, 6.45) is 0.713. The second kappa shape index (κ2) is 6.18. The lowest BCUT2D eigenvalue weighted by atomic mass is 10.2. The number of anilines is 1. The van der Waals surface area contributed by atoms with Gasteiger partial charge in [-0.3, -0.25) is 4.31 Å². The molecular formula is C16H19NO3S. The number of phenolic OH excluding ortho intramolecular Hbond substituents is 1. The quantitative estimate of drug-likeness (QED) is 0.922. The Kier molecular flexibility index (Phi) is 4.53. The van der Waals surface area contributed by atoms with Crippen LogP contribution in [0.3, 0.4) is 0 Å². The Hall–Kier alpha value is -2.01. The molecule has 5 heteroatoms. The Bertz CT molecular complexity index is 712. The van der Waals surface area contributed by atoms with Gasteiger partial charge < -0.3 is 5.11 Å². The number of phenols is 1. The van der Waals surface area contributed by atoms with Crippen LogP contribution in [-0.2, 0) is 10.0 Å². The second-order valence-corrected chi connectivity index (χ2v) is 6.72. The molecule has 0 fully saturated rings. The van der Waals surface area contributed by atoms with Crippen LogP contribution in [0.15, 0.2) is 53.4 Å².